The first-order valence-corrected chi connectivity index (χ1v) is 11.7. The normalized spacial score (nSPS) is 12.9. The lowest BCUT2D eigenvalue weighted by atomic mass is 10.1. The van der Waals surface area contributed by atoms with Crippen molar-refractivity contribution >= 4 is 23.1 Å². The van der Waals surface area contributed by atoms with Crippen LogP contribution in [-0.4, -0.2) is 48.5 Å². The maximum absolute atomic E-state index is 13.1. The molecule has 4 aromatic rings. The molecule has 11 heteroatoms. The van der Waals surface area contributed by atoms with Crippen LogP contribution in [0.4, 0.5) is 5.95 Å². The Morgan fingerprint density at radius 2 is 1.84 bits per heavy atom. The van der Waals surface area contributed by atoms with Gasteiger partial charge in [0.05, 0.1) is 18.6 Å². The molecule has 4 rings (SSSR count). The molecule has 0 amide bonds. The minimum atomic E-state index is -1.37. The van der Waals surface area contributed by atoms with Crippen molar-refractivity contribution < 1.29 is 19.7 Å². The average molecular weight is 507 g/mol. The lowest BCUT2D eigenvalue weighted by Crippen LogP contribution is -2.43. The lowest BCUT2D eigenvalue weighted by Gasteiger charge is -2.22. The first-order valence-electron chi connectivity index (χ1n) is 11.7. The number of imidazole rings is 1. The molecule has 2 aromatic heterocycles. The van der Waals surface area contributed by atoms with E-state index in [2.05, 4.69) is 10.3 Å². The van der Waals surface area contributed by atoms with E-state index in [1.54, 1.807) is 30.3 Å². The summed E-state index contributed by atoms with van der Waals surface area (Å²) in [6, 6.07) is 15.1. The van der Waals surface area contributed by atoms with Crippen molar-refractivity contribution in [3.63, 3.8) is 0 Å². The summed E-state index contributed by atoms with van der Waals surface area (Å²) in [5.41, 5.74) is 0.631. The maximum Gasteiger partial charge on any atom is 0.332 e. The number of anilines is 1. The fraction of sp³-hybridized carbons (Fsp3) is 0.308. The molecule has 0 saturated carbocycles. The van der Waals surface area contributed by atoms with Crippen LogP contribution < -0.4 is 26.4 Å². The molecule has 0 aliphatic carbocycles. The summed E-state index contributed by atoms with van der Waals surface area (Å²) >= 11 is 0. The number of rotatable bonds is 10. The Morgan fingerprint density at radius 3 is 2.51 bits per heavy atom. The third-order valence-corrected chi connectivity index (χ3v) is 6.04. The number of carbonyl (C=O) groups excluding carboxylic acids is 1. The number of aryl methyl sites for hydroxylation is 2. The molecule has 2 N–H and O–H groups in total. The van der Waals surface area contributed by atoms with Crippen LogP contribution in [0.1, 0.15) is 11.1 Å². The summed E-state index contributed by atoms with van der Waals surface area (Å²) in [6.45, 7) is 1.67. The Labute approximate surface area is 212 Å². The lowest BCUT2D eigenvalue weighted by molar-refractivity contribution is -0.306. The highest BCUT2D eigenvalue weighted by molar-refractivity contribution is 5.78. The van der Waals surface area contributed by atoms with Gasteiger partial charge in [-0.3, -0.25) is 13.9 Å². The Kier molecular flexibility index (Phi) is 7.44. The van der Waals surface area contributed by atoms with E-state index in [9.17, 15) is 24.6 Å². The summed E-state index contributed by atoms with van der Waals surface area (Å²) in [6.07, 6.45) is -1.00. The molecule has 0 spiro atoms. The second-order valence-electron chi connectivity index (χ2n) is 8.91. The van der Waals surface area contributed by atoms with E-state index >= 15 is 0 Å². The number of ether oxygens (including phenoxy) is 1. The van der Waals surface area contributed by atoms with Gasteiger partial charge in [0.1, 0.15) is 18.5 Å². The Bertz CT molecular complexity index is 1540. The average Bonchev–Trinajstić information content (AvgIpc) is 3.23. The van der Waals surface area contributed by atoms with Crippen LogP contribution >= 0.6 is 0 Å². The molecule has 0 saturated heterocycles. The van der Waals surface area contributed by atoms with Crippen LogP contribution in [0.2, 0.25) is 0 Å². The topological polar surface area (TPSA) is 143 Å². The van der Waals surface area contributed by atoms with Crippen LogP contribution in [0.25, 0.3) is 11.2 Å². The molecule has 11 nitrogen and oxygen atoms in total. The number of carboxylic acids is 1. The summed E-state index contributed by atoms with van der Waals surface area (Å²) in [7, 11) is 2.80. The summed E-state index contributed by atoms with van der Waals surface area (Å²) in [5.74, 6) is -0.785. The van der Waals surface area contributed by atoms with Crippen molar-refractivity contribution in [3.8, 4) is 5.75 Å². The van der Waals surface area contributed by atoms with Gasteiger partial charge in [-0.05, 0) is 36.6 Å². The van der Waals surface area contributed by atoms with E-state index in [1.807, 2.05) is 31.2 Å². The van der Waals surface area contributed by atoms with E-state index in [0.717, 1.165) is 15.7 Å². The Balaban J connectivity index is 1.70. The van der Waals surface area contributed by atoms with E-state index in [0.29, 0.717) is 5.75 Å². The molecule has 0 aliphatic rings. The van der Waals surface area contributed by atoms with Gasteiger partial charge in [0.2, 0.25) is 5.95 Å². The van der Waals surface area contributed by atoms with Gasteiger partial charge in [0.15, 0.2) is 11.2 Å². The van der Waals surface area contributed by atoms with Gasteiger partial charge in [0.25, 0.3) is 5.56 Å². The number of carbonyl (C=O) groups is 1. The number of hydrogen-bond acceptors (Lipinski definition) is 8. The van der Waals surface area contributed by atoms with Gasteiger partial charge in [-0.1, -0.05) is 42.5 Å². The number of nitrogens with zero attached hydrogens (tertiary/aromatic N) is 4. The van der Waals surface area contributed by atoms with Gasteiger partial charge in [-0.15, -0.1) is 0 Å². The van der Waals surface area contributed by atoms with Crippen molar-refractivity contribution in [2.45, 2.75) is 32.0 Å². The number of aliphatic hydroxyl groups is 1. The molecule has 0 bridgehead atoms. The van der Waals surface area contributed by atoms with Crippen LogP contribution in [0, 0.1) is 6.92 Å². The number of aliphatic carboxylic acids is 1. The number of hydrogen-bond donors (Lipinski definition) is 2. The van der Waals surface area contributed by atoms with Gasteiger partial charge < -0.3 is 29.6 Å². The third-order valence-electron chi connectivity index (χ3n) is 6.04. The standard InChI is InChI=1S/C26H29N5O6/c1-16-8-7-11-19(12-16)37-15-18(32)14-31-21-22(29(2)26(36)30(3)23(21)33)28-25(31)27-20(24(34)35)13-17-9-5-4-6-10-17/h4-12,18,20,32H,13-15H2,1-3H3,(H,27,28)(H,34,35)/p-1/t18-,20-/m1/s1. The number of nitrogens with one attached hydrogen (secondary N) is 1. The number of benzene rings is 2. The fourth-order valence-electron chi connectivity index (χ4n) is 4.09. The third kappa shape index (κ3) is 5.56. The molecule has 0 aliphatic heterocycles. The van der Waals surface area contributed by atoms with Gasteiger partial charge >= 0.3 is 5.69 Å². The minimum absolute atomic E-state index is 0.00744. The second-order valence-corrected chi connectivity index (χ2v) is 8.91. The van der Waals surface area contributed by atoms with Crippen LogP contribution in [0.3, 0.4) is 0 Å². The maximum atomic E-state index is 13.1. The van der Waals surface area contributed by atoms with Gasteiger partial charge in [-0.25, -0.2) is 4.79 Å². The molecule has 0 unspecified atom stereocenters. The molecule has 2 atom stereocenters. The summed E-state index contributed by atoms with van der Waals surface area (Å²) in [4.78, 5) is 41.9. The Hall–Kier alpha value is -4.38. The number of aromatic nitrogens is 4. The highest BCUT2D eigenvalue weighted by Crippen LogP contribution is 2.19. The first-order chi connectivity index (χ1) is 17.7. The number of aliphatic hydroxyl groups excluding tert-OH is 1. The van der Waals surface area contributed by atoms with Crippen molar-refractivity contribution in [2.75, 3.05) is 11.9 Å². The predicted molar refractivity (Wildman–Crippen MR) is 135 cm³/mol. The second kappa shape index (κ2) is 10.7. The fourth-order valence-corrected chi connectivity index (χ4v) is 4.09. The largest absolute Gasteiger partial charge is 0.548 e. The van der Waals surface area contributed by atoms with Crippen molar-refractivity contribution in [2.24, 2.45) is 14.1 Å². The highest BCUT2D eigenvalue weighted by atomic mass is 16.5. The quantitative estimate of drug-likeness (QED) is 0.305. The van der Waals surface area contributed by atoms with E-state index in [4.69, 9.17) is 4.74 Å². The first kappa shape index (κ1) is 25.7. The SMILES string of the molecule is Cc1cccc(OC[C@H](O)Cn2c(N[C@H](Cc3ccccc3)C(=O)[O-])nc3c2c(=O)n(C)c(=O)n3C)c1. The number of fused-ring (bicyclic) bond motifs is 1. The molecule has 194 valence electrons. The van der Waals surface area contributed by atoms with Crippen LogP contribution in [0.5, 0.6) is 5.75 Å². The minimum Gasteiger partial charge on any atom is -0.548 e. The molecular formula is C26H28N5O6-. The molecule has 2 aromatic carbocycles. The zero-order valence-corrected chi connectivity index (χ0v) is 20.7. The molecule has 0 fully saturated rings. The molecule has 37 heavy (non-hydrogen) atoms. The van der Waals surface area contributed by atoms with E-state index < -0.39 is 29.4 Å². The monoisotopic (exact) mass is 506 g/mol. The van der Waals surface area contributed by atoms with Gasteiger partial charge in [-0.2, -0.15) is 4.98 Å². The van der Waals surface area contributed by atoms with Crippen LogP contribution in [0.15, 0.2) is 64.2 Å². The zero-order chi connectivity index (χ0) is 26.7. The van der Waals surface area contributed by atoms with Crippen molar-refractivity contribution in [3.05, 3.63) is 86.6 Å². The summed E-state index contributed by atoms with van der Waals surface area (Å²) < 4.78 is 9.20. The van der Waals surface area contributed by atoms with Gasteiger partial charge in [0, 0.05) is 14.1 Å². The van der Waals surface area contributed by atoms with E-state index in [-0.39, 0.29) is 36.7 Å². The Morgan fingerprint density at radius 1 is 1.11 bits per heavy atom. The predicted octanol–water partition coefficient (Wildman–Crippen LogP) is -0.0449. The highest BCUT2D eigenvalue weighted by Gasteiger charge is 2.23. The van der Waals surface area contributed by atoms with E-state index in [1.165, 1.54) is 23.2 Å². The zero-order valence-electron chi connectivity index (χ0n) is 20.7. The molecule has 2 heterocycles. The molecule has 0 radical (unpaired) electrons. The van der Waals surface area contributed by atoms with Crippen molar-refractivity contribution in [1.29, 1.82) is 0 Å². The summed E-state index contributed by atoms with van der Waals surface area (Å²) in [5, 5.41) is 25.6. The number of carboxylic acid groups (broad SMARTS) is 1. The smallest absolute Gasteiger partial charge is 0.332 e. The van der Waals surface area contributed by atoms with Crippen LogP contribution in [-0.2, 0) is 31.9 Å². The molecular weight excluding hydrogens is 478 g/mol. The van der Waals surface area contributed by atoms with Crippen molar-refractivity contribution in [1.82, 2.24) is 18.7 Å².